The molecule has 2 fully saturated rings. The molecular formula is C30H39P. The minimum atomic E-state index is -0.136. The van der Waals surface area contributed by atoms with Crippen LogP contribution in [0.1, 0.15) is 100 Å². The predicted molar refractivity (Wildman–Crippen MR) is 138 cm³/mol. The van der Waals surface area contributed by atoms with Crippen molar-refractivity contribution in [3.63, 3.8) is 0 Å². The van der Waals surface area contributed by atoms with Crippen molar-refractivity contribution >= 4 is 18.8 Å². The van der Waals surface area contributed by atoms with Gasteiger partial charge in [-0.15, -0.1) is 0 Å². The first kappa shape index (κ1) is 21.5. The Morgan fingerprint density at radius 3 is 1.97 bits per heavy atom. The van der Waals surface area contributed by atoms with E-state index in [-0.39, 0.29) is 13.3 Å². The van der Waals surface area contributed by atoms with E-state index in [1.54, 1.807) is 22.0 Å². The van der Waals surface area contributed by atoms with Gasteiger partial charge < -0.3 is 0 Å². The second-order valence-electron chi connectivity index (χ2n) is 10.8. The molecule has 0 radical (unpaired) electrons. The SMILES string of the molecule is Cc1cccc(C2=C(P(C3CCCCC3)C3CCCCC3)c3ccccc3C2(C)C)c1. The zero-order chi connectivity index (χ0) is 21.4. The van der Waals surface area contributed by atoms with Crippen LogP contribution in [0.15, 0.2) is 48.5 Å². The van der Waals surface area contributed by atoms with Crippen molar-refractivity contribution in [2.45, 2.75) is 102 Å². The average Bonchev–Trinajstić information content (AvgIpc) is 3.03. The van der Waals surface area contributed by atoms with E-state index in [1.807, 2.05) is 0 Å². The van der Waals surface area contributed by atoms with Crippen LogP contribution in [0.25, 0.3) is 10.9 Å². The summed E-state index contributed by atoms with van der Waals surface area (Å²) in [6.45, 7) is 7.24. The maximum absolute atomic E-state index is 2.49. The maximum atomic E-state index is 2.49. The molecular weight excluding hydrogens is 391 g/mol. The third-order valence-corrected chi connectivity index (χ3v) is 11.8. The van der Waals surface area contributed by atoms with Crippen molar-refractivity contribution in [2.75, 3.05) is 0 Å². The van der Waals surface area contributed by atoms with Crippen molar-refractivity contribution in [1.82, 2.24) is 0 Å². The zero-order valence-electron chi connectivity index (χ0n) is 19.8. The lowest BCUT2D eigenvalue weighted by molar-refractivity contribution is 0.487. The van der Waals surface area contributed by atoms with Gasteiger partial charge in [-0.1, -0.05) is 114 Å². The third kappa shape index (κ3) is 3.95. The summed E-state index contributed by atoms with van der Waals surface area (Å²) in [5, 5.41) is 1.81. The Balaban J connectivity index is 1.74. The maximum Gasteiger partial charge on any atom is 0.0165 e. The molecule has 0 spiro atoms. The minimum Gasteiger partial charge on any atom is -0.0679 e. The van der Waals surface area contributed by atoms with Crippen LogP contribution in [-0.4, -0.2) is 11.3 Å². The Morgan fingerprint density at radius 1 is 0.742 bits per heavy atom. The van der Waals surface area contributed by atoms with Gasteiger partial charge in [0.25, 0.3) is 0 Å². The van der Waals surface area contributed by atoms with Crippen LogP contribution in [0.5, 0.6) is 0 Å². The zero-order valence-corrected chi connectivity index (χ0v) is 20.7. The first-order valence-corrected chi connectivity index (χ1v) is 14.3. The summed E-state index contributed by atoms with van der Waals surface area (Å²) in [6, 6.07) is 18.8. The molecule has 31 heavy (non-hydrogen) atoms. The molecule has 5 rings (SSSR count). The smallest absolute Gasteiger partial charge is 0.0165 e. The molecule has 0 aromatic heterocycles. The molecule has 1 heteroatoms. The fraction of sp³-hybridized carbons (Fsp3) is 0.533. The van der Waals surface area contributed by atoms with Gasteiger partial charge in [0.05, 0.1) is 0 Å². The van der Waals surface area contributed by atoms with Gasteiger partial charge >= 0.3 is 0 Å². The highest BCUT2D eigenvalue weighted by molar-refractivity contribution is 7.70. The standard InChI is InChI=1S/C30H39P/c1-22-13-12-14-23(21-22)28-29(26-19-10-11-20-27(26)30(28,2)3)31(24-15-6-4-7-16-24)25-17-8-5-9-18-25/h10-14,19-21,24-25H,4-9,15-18H2,1-3H3. The number of aryl methyl sites for hydroxylation is 1. The van der Waals surface area contributed by atoms with Crippen molar-refractivity contribution < 1.29 is 0 Å². The molecule has 3 aliphatic rings. The quantitative estimate of drug-likeness (QED) is 0.424. The predicted octanol–water partition coefficient (Wildman–Crippen LogP) is 9.30. The Kier molecular flexibility index (Phi) is 6.13. The fourth-order valence-corrected chi connectivity index (χ4v) is 11.1. The normalized spacial score (nSPS) is 22.2. The molecule has 3 aliphatic carbocycles. The summed E-state index contributed by atoms with van der Waals surface area (Å²) in [4.78, 5) is 0. The van der Waals surface area contributed by atoms with Gasteiger partial charge in [-0.25, -0.2) is 0 Å². The molecule has 2 saturated carbocycles. The van der Waals surface area contributed by atoms with E-state index >= 15 is 0 Å². The van der Waals surface area contributed by atoms with Gasteiger partial charge in [0, 0.05) is 5.41 Å². The number of fused-ring (bicyclic) bond motifs is 1. The summed E-state index contributed by atoms with van der Waals surface area (Å²) in [6.07, 6.45) is 14.6. The molecule has 0 heterocycles. The van der Waals surface area contributed by atoms with Gasteiger partial charge in [-0.2, -0.15) is 0 Å². The molecule has 0 bridgehead atoms. The van der Waals surface area contributed by atoms with Gasteiger partial charge in [-0.3, -0.25) is 0 Å². The average molecular weight is 431 g/mol. The van der Waals surface area contributed by atoms with Crippen LogP contribution in [0, 0.1) is 6.92 Å². The molecule has 0 unspecified atom stereocenters. The Bertz CT molecular complexity index is 936. The lowest BCUT2D eigenvalue weighted by Gasteiger charge is -2.40. The Hall–Kier alpha value is -1.39. The summed E-state index contributed by atoms with van der Waals surface area (Å²) in [5.41, 5.74) is 9.66. The van der Waals surface area contributed by atoms with E-state index in [0.29, 0.717) is 0 Å². The third-order valence-electron chi connectivity index (χ3n) is 8.22. The second-order valence-corrected chi connectivity index (χ2v) is 13.5. The van der Waals surface area contributed by atoms with Crippen molar-refractivity contribution in [1.29, 1.82) is 0 Å². The lowest BCUT2D eigenvalue weighted by atomic mass is 9.78. The van der Waals surface area contributed by atoms with Crippen molar-refractivity contribution in [3.05, 3.63) is 70.8 Å². The molecule has 2 aromatic rings. The van der Waals surface area contributed by atoms with Crippen LogP contribution >= 0.6 is 7.92 Å². The number of allylic oxidation sites excluding steroid dienone is 1. The number of benzene rings is 2. The highest BCUT2D eigenvalue weighted by Crippen LogP contribution is 2.70. The van der Waals surface area contributed by atoms with Crippen LogP contribution in [-0.2, 0) is 5.41 Å². The summed E-state index contributed by atoms with van der Waals surface area (Å²) in [7, 11) is -0.136. The first-order valence-electron chi connectivity index (χ1n) is 12.8. The van der Waals surface area contributed by atoms with Crippen LogP contribution in [0.2, 0.25) is 0 Å². The molecule has 0 amide bonds. The van der Waals surface area contributed by atoms with Crippen molar-refractivity contribution in [2.24, 2.45) is 0 Å². The monoisotopic (exact) mass is 430 g/mol. The summed E-state index contributed by atoms with van der Waals surface area (Å²) in [5.74, 6) is 0. The topological polar surface area (TPSA) is 0 Å². The molecule has 0 nitrogen and oxygen atoms in total. The highest BCUT2D eigenvalue weighted by atomic mass is 31.1. The summed E-state index contributed by atoms with van der Waals surface area (Å²) >= 11 is 0. The van der Waals surface area contributed by atoms with E-state index in [1.165, 1.54) is 75.3 Å². The number of rotatable bonds is 4. The molecule has 164 valence electrons. The largest absolute Gasteiger partial charge is 0.0679 e. The van der Waals surface area contributed by atoms with E-state index in [2.05, 4.69) is 69.3 Å². The van der Waals surface area contributed by atoms with E-state index in [4.69, 9.17) is 0 Å². The minimum absolute atomic E-state index is 0.0869. The van der Waals surface area contributed by atoms with Crippen LogP contribution in [0.4, 0.5) is 0 Å². The molecule has 0 saturated heterocycles. The van der Waals surface area contributed by atoms with E-state index in [9.17, 15) is 0 Å². The highest BCUT2D eigenvalue weighted by Gasteiger charge is 2.44. The van der Waals surface area contributed by atoms with Gasteiger partial charge in [0.1, 0.15) is 0 Å². The van der Waals surface area contributed by atoms with Crippen molar-refractivity contribution in [3.8, 4) is 0 Å². The fourth-order valence-electron chi connectivity index (χ4n) is 6.75. The summed E-state index contributed by atoms with van der Waals surface area (Å²) < 4.78 is 0. The Labute approximate surface area is 191 Å². The molecule has 0 atom stereocenters. The van der Waals surface area contributed by atoms with Gasteiger partial charge in [0.15, 0.2) is 0 Å². The van der Waals surface area contributed by atoms with Crippen LogP contribution in [0.3, 0.4) is 0 Å². The van der Waals surface area contributed by atoms with E-state index in [0.717, 1.165) is 11.3 Å². The van der Waals surface area contributed by atoms with Crippen LogP contribution < -0.4 is 0 Å². The molecule has 0 N–H and O–H groups in total. The Morgan fingerprint density at radius 2 is 1.35 bits per heavy atom. The second kappa shape index (κ2) is 8.86. The molecule has 2 aromatic carbocycles. The first-order chi connectivity index (χ1) is 15.1. The molecule has 0 aliphatic heterocycles. The lowest BCUT2D eigenvalue weighted by Crippen LogP contribution is -2.21. The van der Waals surface area contributed by atoms with Gasteiger partial charge in [-0.05, 0) is 71.5 Å². The number of hydrogen-bond acceptors (Lipinski definition) is 0. The van der Waals surface area contributed by atoms with E-state index < -0.39 is 0 Å². The number of hydrogen-bond donors (Lipinski definition) is 0. The van der Waals surface area contributed by atoms with Gasteiger partial charge in [0.2, 0.25) is 0 Å².